The first-order valence-corrected chi connectivity index (χ1v) is 7.89. The zero-order valence-electron chi connectivity index (χ0n) is 8.45. The summed E-state index contributed by atoms with van der Waals surface area (Å²) in [6.45, 7) is 0. The molecule has 0 amide bonds. The van der Waals surface area contributed by atoms with Crippen LogP contribution in [0.2, 0.25) is 0 Å². The molecule has 0 fully saturated rings. The van der Waals surface area contributed by atoms with E-state index in [1.54, 1.807) is 17.5 Å². The second-order valence-electron chi connectivity index (χ2n) is 3.25. The first-order chi connectivity index (χ1) is 8.13. The maximum atomic E-state index is 5.64. The molecule has 17 heavy (non-hydrogen) atoms. The van der Waals surface area contributed by atoms with Crippen LogP contribution < -0.4 is 11.3 Å². The lowest BCUT2D eigenvalue weighted by Crippen LogP contribution is -2.29. The van der Waals surface area contributed by atoms with Crippen LogP contribution in [0, 0.1) is 0 Å². The molecular formula is C10H8Br3N3S. The van der Waals surface area contributed by atoms with E-state index in [4.69, 9.17) is 5.84 Å². The number of pyridine rings is 1. The molecule has 0 aliphatic heterocycles. The Morgan fingerprint density at radius 2 is 2.06 bits per heavy atom. The summed E-state index contributed by atoms with van der Waals surface area (Å²) in [4.78, 5) is 5.50. The van der Waals surface area contributed by atoms with Gasteiger partial charge in [-0.3, -0.25) is 10.8 Å². The van der Waals surface area contributed by atoms with Gasteiger partial charge in [0.05, 0.1) is 11.7 Å². The molecule has 2 aromatic rings. The zero-order valence-corrected chi connectivity index (χ0v) is 14.0. The number of thiophene rings is 1. The molecule has 0 saturated carbocycles. The number of hydrazine groups is 1. The molecule has 3 nitrogen and oxygen atoms in total. The fraction of sp³-hybridized carbons (Fsp3) is 0.100. The SMILES string of the molecule is NNC(c1ncc(Br)cc1Br)c1sccc1Br. The van der Waals surface area contributed by atoms with E-state index in [1.165, 1.54) is 0 Å². The van der Waals surface area contributed by atoms with Gasteiger partial charge < -0.3 is 0 Å². The van der Waals surface area contributed by atoms with Gasteiger partial charge in [-0.1, -0.05) is 0 Å². The maximum absolute atomic E-state index is 5.64. The molecule has 3 N–H and O–H groups in total. The smallest absolute Gasteiger partial charge is 0.0995 e. The molecule has 2 aromatic heterocycles. The van der Waals surface area contributed by atoms with Crippen molar-refractivity contribution in [3.8, 4) is 0 Å². The van der Waals surface area contributed by atoms with Gasteiger partial charge in [0.1, 0.15) is 0 Å². The van der Waals surface area contributed by atoms with Crippen LogP contribution in [0.5, 0.6) is 0 Å². The van der Waals surface area contributed by atoms with Gasteiger partial charge in [-0.25, -0.2) is 5.43 Å². The van der Waals surface area contributed by atoms with Gasteiger partial charge in [0.25, 0.3) is 0 Å². The standard InChI is InChI=1S/C10H8Br3N3S/c11-5-3-7(13)8(15-4-5)9(16-14)10-6(12)1-2-17-10/h1-4,9,16H,14H2. The normalized spacial score (nSPS) is 12.7. The van der Waals surface area contributed by atoms with Gasteiger partial charge in [-0.2, -0.15) is 0 Å². The van der Waals surface area contributed by atoms with E-state index in [-0.39, 0.29) is 6.04 Å². The summed E-state index contributed by atoms with van der Waals surface area (Å²) in [7, 11) is 0. The molecule has 0 saturated heterocycles. The third-order valence-corrected chi connectivity index (χ3v) is 5.19. The van der Waals surface area contributed by atoms with Crippen molar-refractivity contribution < 1.29 is 0 Å². The molecule has 0 aliphatic rings. The summed E-state index contributed by atoms with van der Waals surface area (Å²) in [5, 5.41) is 2.01. The minimum atomic E-state index is -0.133. The minimum Gasteiger partial charge on any atom is -0.270 e. The Bertz CT molecular complexity index is 529. The molecule has 1 unspecified atom stereocenters. The van der Waals surface area contributed by atoms with Crippen LogP contribution in [0.1, 0.15) is 16.6 Å². The quantitative estimate of drug-likeness (QED) is 0.559. The molecule has 0 spiro atoms. The Hall–Kier alpha value is 0.210. The number of rotatable bonds is 3. The molecule has 0 bridgehead atoms. The Kier molecular flexibility index (Phi) is 4.73. The van der Waals surface area contributed by atoms with Crippen molar-refractivity contribution in [1.29, 1.82) is 0 Å². The van der Waals surface area contributed by atoms with Gasteiger partial charge in [0, 0.05) is 24.5 Å². The Labute approximate surface area is 128 Å². The Morgan fingerprint density at radius 1 is 1.29 bits per heavy atom. The van der Waals surface area contributed by atoms with Crippen molar-refractivity contribution in [2.24, 2.45) is 5.84 Å². The summed E-state index contributed by atoms with van der Waals surface area (Å²) in [5.41, 5.74) is 3.65. The lowest BCUT2D eigenvalue weighted by molar-refractivity contribution is 0.625. The van der Waals surface area contributed by atoms with Crippen LogP contribution in [0.25, 0.3) is 0 Å². The molecule has 90 valence electrons. The van der Waals surface area contributed by atoms with E-state index in [9.17, 15) is 0 Å². The molecule has 2 rings (SSSR count). The molecule has 1 atom stereocenters. The lowest BCUT2D eigenvalue weighted by Gasteiger charge is -2.16. The Morgan fingerprint density at radius 3 is 2.59 bits per heavy atom. The van der Waals surface area contributed by atoms with Gasteiger partial charge >= 0.3 is 0 Å². The van der Waals surface area contributed by atoms with Crippen LogP contribution >= 0.6 is 59.1 Å². The second-order valence-corrected chi connectivity index (χ2v) is 6.83. The predicted octanol–water partition coefficient (Wildman–Crippen LogP) is 3.98. The molecule has 0 aliphatic carbocycles. The second kappa shape index (κ2) is 5.90. The van der Waals surface area contributed by atoms with Crippen molar-refractivity contribution in [3.63, 3.8) is 0 Å². The van der Waals surface area contributed by atoms with Crippen molar-refractivity contribution in [2.75, 3.05) is 0 Å². The fourth-order valence-corrected chi connectivity index (χ4v) is 4.31. The molecular weight excluding hydrogens is 434 g/mol. The highest BCUT2D eigenvalue weighted by atomic mass is 79.9. The number of nitrogens with two attached hydrogens (primary N) is 1. The summed E-state index contributed by atoms with van der Waals surface area (Å²) in [6.07, 6.45) is 1.76. The number of halogens is 3. The first kappa shape index (κ1) is 13.6. The lowest BCUT2D eigenvalue weighted by atomic mass is 10.1. The van der Waals surface area contributed by atoms with Crippen molar-refractivity contribution >= 4 is 59.1 Å². The third kappa shape index (κ3) is 2.97. The monoisotopic (exact) mass is 439 g/mol. The van der Waals surface area contributed by atoms with Crippen LogP contribution in [0.15, 0.2) is 37.1 Å². The van der Waals surface area contributed by atoms with E-state index < -0.39 is 0 Å². The number of nitrogens with zero attached hydrogens (tertiary/aromatic N) is 1. The largest absolute Gasteiger partial charge is 0.270 e. The first-order valence-electron chi connectivity index (χ1n) is 4.63. The molecule has 0 radical (unpaired) electrons. The van der Waals surface area contributed by atoms with Gasteiger partial charge in [-0.15, -0.1) is 11.3 Å². The highest BCUT2D eigenvalue weighted by molar-refractivity contribution is 9.11. The number of hydrogen-bond donors (Lipinski definition) is 2. The minimum absolute atomic E-state index is 0.133. The number of hydrogen-bond acceptors (Lipinski definition) is 4. The highest BCUT2D eigenvalue weighted by Gasteiger charge is 2.20. The van der Waals surface area contributed by atoms with E-state index >= 15 is 0 Å². The van der Waals surface area contributed by atoms with Gasteiger partial charge in [0.2, 0.25) is 0 Å². The van der Waals surface area contributed by atoms with Crippen LogP contribution in [-0.4, -0.2) is 4.98 Å². The topological polar surface area (TPSA) is 50.9 Å². The summed E-state index contributed by atoms with van der Waals surface area (Å²) in [5.74, 6) is 5.64. The summed E-state index contributed by atoms with van der Waals surface area (Å²) in [6, 6.07) is 3.82. The Balaban J connectivity index is 2.46. The fourth-order valence-electron chi connectivity index (χ4n) is 1.43. The average molecular weight is 442 g/mol. The van der Waals surface area contributed by atoms with Crippen LogP contribution in [0.4, 0.5) is 0 Å². The summed E-state index contributed by atoms with van der Waals surface area (Å²) < 4.78 is 2.87. The number of aromatic nitrogens is 1. The van der Waals surface area contributed by atoms with Gasteiger partial charge in [-0.05, 0) is 65.3 Å². The molecule has 0 aromatic carbocycles. The highest BCUT2D eigenvalue weighted by Crippen LogP contribution is 2.35. The third-order valence-electron chi connectivity index (χ3n) is 2.18. The van der Waals surface area contributed by atoms with Gasteiger partial charge in [0.15, 0.2) is 0 Å². The predicted molar refractivity (Wildman–Crippen MR) is 80.8 cm³/mol. The van der Waals surface area contributed by atoms with Crippen LogP contribution in [0.3, 0.4) is 0 Å². The van der Waals surface area contributed by atoms with Crippen molar-refractivity contribution in [1.82, 2.24) is 10.4 Å². The summed E-state index contributed by atoms with van der Waals surface area (Å²) >= 11 is 12.0. The molecule has 7 heteroatoms. The van der Waals surface area contributed by atoms with Crippen molar-refractivity contribution in [3.05, 3.63) is 47.7 Å². The van der Waals surface area contributed by atoms with E-state index in [0.717, 1.165) is 24.0 Å². The van der Waals surface area contributed by atoms with E-state index in [0.29, 0.717) is 0 Å². The maximum Gasteiger partial charge on any atom is 0.0995 e. The zero-order chi connectivity index (χ0) is 12.4. The van der Waals surface area contributed by atoms with Crippen molar-refractivity contribution in [2.45, 2.75) is 6.04 Å². The van der Waals surface area contributed by atoms with E-state index in [1.807, 2.05) is 17.5 Å². The van der Waals surface area contributed by atoms with E-state index in [2.05, 4.69) is 58.2 Å². The average Bonchev–Trinajstić information content (AvgIpc) is 2.69. The van der Waals surface area contributed by atoms with Crippen LogP contribution in [-0.2, 0) is 0 Å². The number of nitrogens with one attached hydrogen (secondary N) is 1. The molecule has 2 heterocycles.